The summed E-state index contributed by atoms with van der Waals surface area (Å²) in [7, 11) is 0. The number of aromatic nitrogens is 3. The molecule has 1 amide bonds. The number of benzene rings is 1. The molecule has 0 saturated carbocycles. The van der Waals surface area contributed by atoms with Crippen LogP contribution in [0.4, 0.5) is 5.13 Å². The maximum Gasteiger partial charge on any atom is 0.223 e. The fourth-order valence-electron chi connectivity index (χ4n) is 3.16. The molecule has 134 valence electrons. The van der Waals surface area contributed by atoms with Crippen LogP contribution in [0, 0.1) is 5.92 Å². The van der Waals surface area contributed by atoms with Crippen LogP contribution in [0.25, 0.3) is 5.13 Å². The molecule has 1 aliphatic rings. The summed E-state index contributed by atoms with van der Waals surface area (Å²) in [6.45, 7) is 2.27. The predicted octanol–water partition coefficient (Wildman–Crippen LogP) is 2.86. The molecule has 1 N–H and O–H groups in total. The van der Waals surface area contributed by atoms with Gasteiger partial charge in [-0.15, -0.1) is 10.2 Å². The molecule has 0 atom stereocenters. The Morgan fingerprint density at radius 1 is 1.04 bits per heavy atom. The Morgan fingerprint density at radius 2 is 1.73 bits per heavy atom. The van der Waals surface area contributed by atoms with Gasteiger partial charge in [-0.3, -0.25) is 9.36 Å². The van der Waals surface area contributed by atoms with Crippen LogP contribution < -0.4 is 10.2 Å². The lowest BCUT2D eigenvalue weighted by Gasteiger charge is -2.30. The van der Waals surface area contributed by atoms with Gasteiger partial charge in [0, 0.05) is 37.9 Å². The van der Waals surface area contributed by atoms with Crippen molar-refractivity contribution in [3.63, 3.8) is 0 Å². The van der Waals surface area contributed by atoms with Gasteiger partial charge < -0.3 is 10.2 Å². The summed E-state index contributed by atoms with van der Waals surface area (Å²) in [5.74, 6) is 0.227. The third-order valence-corrected chi connectivity index (χ3v) is 5.67. The Labute approximate surface area is 156 Å². The van der Waals surface area contributed by atoms with Gasteiger partial charge >= 0.3 is 0 Å². The SMILES string of the molecule is O=C(NCc1ccccc1)C1CCN(c2nnc(-n3cccc3)s2)CC1. The second-order valence-corrected chi connectivity index (χ2v) is 7.36. The van der Waals surface area contributed by atoms with E-state index < -0.39 is 0 Å². The number of piperidine rings is 1. The standard InChI is InChI=1S/C19H21N5OS/c25-17(20-14-15-6-2-1-3-7-15)16-8-12-24(13-9-16)19-22-21-18(26-19)23-10-4-5-11-23/h1-7,10-11,16H,8-9,12-14H2,(H,20,25). The van der Waals surface area contributed by atoms with Crippen LogP contribution >= 0.6 is 11.3 Å². The van der Waals surface area contributed by atoms with Crippen molar-refractivity contribution in [2.75, 3.05) is 18.0 Å². The first-order valence-corrected chi connectivity index (χ1v) is 9.65. The zero-order valence-corrected chi connectivity index (χ0v) is 15.2. The molecular formula is C19H21N5OS. The molecule has 3 heterocycles. The summed E-state index contributed by atoms with van der Waals surface area (Å²) in [4.78, 5) is 14.6. The molecule has 3 aromatic rings. The van der Waals surface area contributed by atoms with Crippen molar-refractivity contribution in [3.8, 4) is 5.13 Å². The van der Waals surface area contributed by atoms with E-state index in [0.717, 1.165) is 41.8 Å². The highest BCUT2D eigenvalue weighted by Crippen LogP contribution is 2.27. The number of nitrogens with zero attached hydrogens (tertiary/aromatic N) is 4. The maximum absolute atomic E-state index is 12.4. The molecule has 7 heteroatoms. The fourth-order valence-corrected chi connectivity index (χ4v) is 4.03. The third-order valence-electron chi connectivity index (χ3n) is 4.67. The lowest BCUT2D eigenvalue weighted by Crippen LogP contribution is -2.40. The third kappa shape index (κ3) is 3.77. The van der Waals surface area contributed by atoms with Gasteiger partial charge in [0.1, 0.15) is 0 Å². The van der Waals surface area contributed by atoms with E-state index in [1.165, 1.54) is 0 Å². The predicted molar refractivity (Wildman–Crippen MR) is 102 cm³/mol. The quantitative estimate of drug-likeness (QED) is 0.753. The van der Waals surface area contributed by atoms with Crippen molar-refractivity contribution in [1.82, 2.24) is 20.1 Å². The van der Waals surface area contributed by atoms with Gasteiger partial charge in [0.2, 0.25) is 16.2 Å². The van der Waals surface area contributed by atoms with Crippen molar-refractivity contribution in [1.29, 1.82) is 0 Å². The van der Waals surface area contributed by atoms with Crippen LogP contribution in [0.15, 0.2) is 54.9 Å². The van der Waals surface area contributed by atoms with Crippen LogP contribution in [0.5, 0.6) is 0 Å². The number of amides is 1. The lowest BCUT2D eigenvalue weighted by atomic mass is 9.96. The van der Waals surface area contributed by atoms with Crippen LogP contribution in [-0.2, 0) is 11.3 Å². The van der Waals surface area contributed by atoms with Gasteiger partial charge in [0.05, 0.1) is 0 Å². The van der Waals surface area contributed by atoms with E-state index in [4.69, 9.17) is 0 Å². The molecular weight excluding hydrogens is 346 g/mol. The van der Waals surface area contributed by atoms with Gasteiger partial charge in [-0.2, -0.15) is 0 Å². The molecule has 1 aromatic carbocycles. The molecule has 0 bridgehead atoms. The smallest absolute Gasteiger partial charge is 0.223 e. The van der Waals surface area contributed by atoms with Crippen molar-refractivity contribution >= 4 is 22.4 Å². The van der Waals surface area contributed by atoms with Crippen LogP contribution in [0.2, 0.25) is 0 Å². The number of anilines is 1. The van der Waals surface area contributed by atoms with Crippen LogP contribution in [0.3, 0.4) is 0 Å². The Hall–Kier alpha value is -2.67. The van der Waals surface area contributed by atoms with Crippen molar-refractivity contribution in [2.45, 2.75) is 19.4 Å². The molecule has 0 aliphatic carbocycles. The Bertz CT molecular complexity index is 838. The molecule has 1 fully saturated rings. The molecule has 0 spiro atoms. The number of hydrogen-bond donors (Lipinski definition) is 1. The Morgan fingerprint density at radius 3 is 2.46 bits per heavy atom. The van der Waals surface area contributed by atoms with Crippen LogP contribution in [-0.4, -0.2) is 33.8 Å². The summed E-state index contributed by atoms with van der Waals surface area (Å²) in [5.41, 5.74) is 1.13. The van der Waals surface area contributed by atoms with Gasteiger partial charge in [0.25, 0.3) is 0 Å². The zero-order valence-electron chi connectivity index (χ0n) is 14.4. The molecule has 26 heavy (non-hydrogen) atoms. The number of carbonyl (C=O) groups is 1. The second kappa shape index (κ2) is 7.70. The average Bonchev–Trinajstić information content (AvgIpc) is 3.38. The molecule has 4 rings (SSSR count). The normalized spacial score (nSPS) is 15.2. The highest BCUT2D eigenvalue weighted by Gasteiger charge is 2.26. The summed E-state index contributed by atoms with van der Waals surface area (Å²) in [5, 5.41) is 13.4. The van der Waals surface area contributed by atoms with E-state index in [-0.39, 0.29) is 11.8 Å². The largest absolute Gasteiger partial charge is 0.352 e. The van der Waals surface area contributed by atoms with Crippen LogP contribution in [0.1, 0.15) is 18.4 Å². The topological polar surface area (TPSA) is 63.1 Å². The van der Waals surface area contributed by atoms with E-state index in [1.807, 2.05) is 59.4 Å². The zero-order chi connectivity index (χ0) is 17.8. The van der Waals surface area contributed by atoms with E-state index in [0.29, 0.717) is 6.54 Å². The van der Waals surface area contributed by atoms with Crippen molar-refractivity contribution in [2.24, 2.45) is 5.92 Å². The molecule has 0 radical (unpaired) electrons. The highest BCUT2D eigenvalue weighted by atomic mass is 32.1. The van der Waals surface area contributed by atoms with Crippen molar-refractivity contribution in [3.05, 3.63) is 60.4 Å². The second-order valence-electron chi connectivity index (χ2n) is 6.42. The van der Waals surface area contributed by atoms with Crippen molar-refractivity contribution < 1.29 is 4.79 Å². The fraction of sp³-hybridized carbons (Fsp3) is 0.316. The van der Waals surface area contributed by atoms with Gasteiger partial charge in [-0.1, -0.05) is 41.7 Å². The van der Waals surface area contributed by atoms with Gasteiger partial charge in [0.15, 0.2) is 0 Å². The molecule has 6 nitrogen and oxygen atoms in total. The summed E-state index contributed by atoms with van der Waals surface area (Å²) >= 11 is 1.58. The summed E-state index contributed by atoms with van der Waals surface area (Å²) in [6.07, 6.45) is 5.62. The van der Waals surface area contributed by atoms with E-state index in [2.05, 4.69) is 20.4 Å². The van der Waals surface area contributed by atoms with Gasteiger partial charge in [-0.25, -0.2) is 0 Å². The molecule has 0 unspecified atom stereocenters. The minimum Gasteiger partial charge on any atom is -0.352 e. The van der Waals surface area contributed by atoms with E-state index >= 15 is 0 Å². The minimum atomic E-state index is 0.0757. The van der Waals surface area contributed by atoms with E-state index in [1.54, 1.807) is 11.3 Å². The number of nitrogens with one attached hydrogen (secondary N) is 1. The summed E-state index contributed by atoms with van der Waals surface area (Å²) < 4.78 is 1.96. The monoisotopic (exact) mass is 367 g/mol. The molecule has 1 aliphatic heterocycles. The summed E-state index contributed by atoms with van der Waals surface area (Å²) in [6, 6.07) is 14.0. The number of carbonyl (C=O) groups excluding carboxylic acids is 1. The van der Waals surface area contributed by atoms with E-state index in [9.17, 15) is 4.79 Å². The van der Waals surface area contributed by atoms with Gasteiger partial charge in [-0.05, 0) is 30.5 Å². The lowest BCUT2D eigenvalue weighted by molar-refractivity contribution is -0.125. The Kier molecular flexibility index (Phi) is 4.97. The Balaban J connectivity index is 1.29. The maximum atomic E-state index is 12.4. The first-order chi connectivity index (χ1) is 12.8. The molecule has 1 saturated heterocycles. The first-order valence-electron chi connectivity index (χ1n) is 8.83. The minimum absolute atomic E-state index is 0.0757. The molecule has 2 aromatic heterocycles. The highest BCUT2D eigenvalue weighted by molar-refractivity contribution is 7.17. The number of hydrogen-bond acceptors (Lipinski definition) is 5. The first kappa shape index (κ1) is 16.8. The average molecular weight is 367 g/mol. The number of rotatable bonds is 5.